The van der Waals surface area contributed by atoms with Gasteiger partial charge in [0.05, 0.1) is 0 Å². The molecule has 1 aromatic rings. The fourth-order valence-corrected chi connectivity index (χ4v) is 2.41. The highest BCUT2D eigenvalue weighted by Gasteiger charge is 2.14. The van der Waals surface area contributed by atoms with Gasteiger partial charge in [-0.15, -0.1) is 0 Å². The van der Waals surface area contributed by atoms with Gasteiger partial charge in [-0.05, 0) is 57.3 Å². The lowest BCUT2D eigenvalue weighted by molar-refractivity contribution is 0.0949. The molecule has 2 heterocycles. The number of piperidine rings is 1. The number of hydrogen-bond donors (Lipinski definition) is 3. The minimum Gasteiger partial charge on any atom is -0.352 e. The molecule has 1 aromatic heterocycles. The van der Waals surface area contributed by atoms with E-state index in [1.807, 2.05) is 0 Å². The number of pyridine rings is 1. The van der Waals surface area contributed by atoms with Gasteiger partial charge < -0.3 is 15.6 Å². The maximum atomic E-state index is 11.9. The van der Waals surface area contributed by atoms with Gasteiger partial charge in [-0.3, -0.25) is 9.59 Å². The van der Waals surface area contributed by atoms with E-state index in [1.54, 1.807) is 19.1 Å². The third-order valence-corrected chi connectivity index (χ3v) is 3.54. The van der Waals surface area contributed by atoms with Crippen LogP contribution in [-0.2, 0) is 0 Å². The Balaban J connectivity index is 1.82. The summed E-state index contributed by atoms with van der Waals surface area (Å²) in [7, 11) is 0. The number of amides is 1. The van der Waals surface area contributed by atoms with Gasteiger partial charge in [0.25, 0.3) is 11.5 Å². The zero-order valence-corrected chi connectivity index (χ0v) is 11.3. The fourth-order valence-electron chi connectivity index (χ4n) is 2.41. The highest BCUT2D eigenvalue weighted by molar-refractivity contribution is 5.93. The van der Waals surface area contributed by atoms with Crippen molar-refractivity contribution in [1.82, 2.24) is 15.6 Å². The highest BCUT2D eigenvalue weighted by atomic mass is 16.2. The molecule has 0 bridgehead atoms. The monoisotopic (exact) mass is 263 g/mol. The zero-order chi connectivity index (χ0) is 13.7. The van der Waals surface area contributed by atoms with Crippen molar-refractivity contribution in [2.75, 3.05) is 19.6 Å². The largest absolute Gasteiger partial charge is 0.352 e. The second-order valence-electron chi connectivity index (χ2n) is 5.14. The van der Waals surface area contributed by atoms with Crippen molar-refractivity contribution in [2.24, 2.45) is 5.92 Å². The number of rotatable bonds is 4. The highest BCUT2D eigenvalue weighted by Crippen LogP contribution is 2.12. The van der Waals surface area contributed by atoms with Crippen molar-refractivity contribution < 1.29 is 4.79 Å². The average Bonchev–Trinajstić information content (AvgIpc) is 2.39. The second-order valence-corrected chi connectivity index (χ2v) is 5.14. The summed E-state index contributed by atoms with van der Waals surface area (Å²) in [5.74, 6) is 0.343. The molecule has 104 valence electrons. The number of aryl methyl sites for hydroxylation is 1. The van der Waals surface area contributed by atoms with Crippen LogP contribution in [0.3, 0.4) is 0 Å². The zero-order valence-electron chi connectivity index (χ0n) is 11.3. The number of nitrogens with one attached hydrogen (secondary N) is 3. The van der Waals surface area contributed by atoms with Gasteiger partial charge in [0.1, 0.15) is 5.56 Å². The summed E-state index contributed by atoms with van der Waals surface area (Å²) in [5.41, 5.74) is 0.624. The molecule has 1 atom stereocenters. The van der Waals surface area contributed by atoms with Crippen LogP contribution in [0.25, 0.3) is 0 Å². The van der Waals surface area contributed by atoms with E-state index >= 15 is 0 Å². The standard InChI is InChI=1S/C14H21N3O2/c1-10-4-5-12(14(19)17-10)13(18)16-8-6-11-3-2-7-15-9-11/h4-5,11,15H,2-3,6-9H2,1H3,(H,16,18)(H,17,19). The molecule has 19 heavy (non-hydrogen) atoms. The molecule has 1 saturated heterocycles. The molecule has 2 rings (SSSR count). The van der Waals surface area contributed by atoms with Crippen LogP contribution < -0.4 is 16.2 Å². The Kier molecular flexibility index (Phi) is 4.74. The Hall–Kier alpha value is -1.62. The van der Waals surface area contributed by atoms with Crippen molar-refractivity contribution in [3.05, 3.63) is 33.7 Å². The Morgan fingerprint density at radius 1 is 1.47 bits per heavy atom. The minimum absolute atomic E-state index is 0.187. The van der Waals surface area contributed by atoms with Gasteiger partial charge in [-0.25, -0.2) is 0 Å². The Morgan fingerprint density at radius 3 is 3.00 bits per heavy atom. The van der Waals surface area contributed by atoms with Gasteiger partial charge in [0.15, 0.2) is 0 Å². The molecule has 0 aliphatic carbocycles. The molecule has 1 fully saturated rings. The lowest BCUT2D eigenvalue weighted by atomic mass is 9.96. The van der Waals surface area contributed by atoms with Crippen LogP contribution >= 0.6 is 0 Å². The smallest absolute Gasteiger partial charge is 0.260 e. The molecule has 0 aromatic carbocycles. The molecular formula is C14H21N3O2. The van der Waals surface area contributed by atoms with Crippen LogP contribution in [0.4, 0.5) is 0 Å². The van der Waals surface area contributed by atoms with E-state index < -0.39 is 0 Å². The molecule has 1 aliphatic rings. The Labute approximate surface area is 112 Å². The van der Waals surface area contributed by atoms with E-state index in [1.165, 1.54) is 12.8 Å². The second kappa shape index (κ2) is 6.52. The molecular weight excluding hydrogens is 242 g/mol. The van der Waals surface area contributed by atoms with Gasteiger partial charge in [-0.2, -0.15) is 0 Å². The molecule has 1 amide bonds. The fraction of sp³-hybridized carbons (Fsp3) is 0.571. The summed E-state index contributed by atoms with van der Waals surface area (Å²) in [6.07, 6.45) is 3.38. The molecule has 5 nitrogen and oxygen atoms in total. The number of hydrogen-bond acceptors (Lipinski definition) is 3. The van der Waals surface area contributed by atoms with Crippen molar-refractivity contribution in [1.29, 1.82) is 0 Å². The van der Waals surface area contributed by atoms with Gasteiger partial charge >= 0.3 is 0 Å². The van der Waals surface area contributed by atoms with Gasteiger partial charge in [0, 0.05) is 12.2 Å². The van der Waals surface area contributed by atoms with Crippen LogP contribution in [0.15, 0.2) is 16.9 Å². The van der Waals surface area contributed by atoms with Crippen molar-refractivity contribution >= 4 is 5.91 Å². The molecule has 1 unspecified atom stereocenters. The predicted octanol–water partition coefficient (Wildman–Crippen LogP) is 0.803. The number of aromatic amines is 1. The normalized spacial score (nSPS) is 19.1. The molecule has 0 radical (unpaired) electrons. The first kappa shape index (κ1) is 13.8. The van der Waals surface area contributed by atoms with E-state index in [2.05, 4.69) is 15.6 Å². The summed E-state index contributed by atoms with van der Waals surface area (Å²) in [4.78, 5) is 26.1. The molecule has 1 aliphatic heterocycles. The predicted molar refractivity (Wildman–Crippen MR) is 74.3 cm³/mol. The van der Waals surface area contributed by atoms with E-state index in [-0.39, 0.29) is 17.0 Å². The molecule has 0 saturated carbocycles. The van der Waals surface area contributed by atoms with Crippen LogP contribution in [0.1, 0.15) is 35.3 Å². The van der Waals surface area contributed by atoms with Crippen LogP contribution in [0.5, 0.6) is 0 Å². The number of carbonyl (C=O) groups is 1. The SMILES string of the molecule is Cc1ccc(C(=O)NCCC2CCCNC2)c(=O)[nH]1. The lowest BCUT2D eigenvalue weighted by Gasteiger charge is -2.22. The first-order valence-corrected chi connectivity index (χ1v) is 6.85. The van der Waals surface area contributed by atoms with Gasteiger partial charge in [-0.1, -0.05) is 0 Å². The van der Waals surface area contributed by atoms with Crippen LogP contribution in [0.2, 0.25) is 0 Å². The minimum atomic E-state index is -0.322. The molecule has 0 spiro atoms. The summed E-state index contributed by atoms with van der Waals surface area (Å²) in [6.45, 7) is 4.54. The van der Waals surface area contributed by atoms with Crippen molar-refractivity contribution in [3.63, 3.8) is 0 Å². The third kappa shape index (κ3) is 3.92. The lowest BCUT2D eigenvalue weighted by Crippen LogP contribution is -2.34. The molecule has 3 N–H and O–H groups in total. The van der Waals surface area contributed by atoms with Crippen LogP contribution in [-0.4, -0.2) is 30.5 Å². The maximum absolute atomic E-state index is 11.9. The summed E-state index contributed by atoms with van der Waals surface area (Å²) in [5, 5.41) is 6.17. The van der Waals surface area contributed by atoms with Crippen molar-refractivity contribution in [3.8, 4) is 0 Å². The average molecular weight is 263 g/mol. The number of aromatic nitrogens is 1. The summed E-state index contributed by atoms with van der Waals surface area (Å²) < 4.78 is 0. The maximum Gasteiger partial charge on any atom is 0.260 e. The van der Waals surface area contributed by atoms with Crippen molar-refractivity contribution in [2.45, 2.75) is 26.2 Å². The van der Waals surface area contributed by atoms with E-state index in [4.69, 9.17) is 0 Å². The Bertz CT molecular complexity index is 490. The summed E-state index contributed by atoms with van der Waals surface area (Å²) in [6, 6.07) is 3.31. The van der Waals surface area contributed by atoms with E-state index in [9.17, 15) is 9.59 Å². The molecule has 5 heteroatoms. The summed E-state index contributed by atoms with van der Waals surface area (Å²) >= 11 is 0. The van der Waals surface area contributed by atoms with Crippen LogP contribution in [0, 0.1) is 12.8 Å². The van der Waals surface area contributed by atoms with E-state index in [0.29, 0.717) is 12.5 Å². The van der Waals surface area contributed by atoms with Gasteiger partial charge in [0.2, 0.25) is 0 Å². The first-order chi connectivity index (χ1) is 9.16. The first-order valence-electron chi connectivity index (χ1n) is 6.85. The number of H-pyrrole nitrogens is 1. The van der Waals surface area contributed by atoms with E-state index in [0.717, 1.165) is 25.2 Å². The topological polar surface area (TPSA) is 74.0 Å². The number of carbonyl (C=O) groups excluding carboxylic acids is 1. The third-order valence-electron chi connectivity index (χ3n) is 3.54. The quantitative estimate of drug-likeness (QED) is 0.752. The Morgan fingerprint density at radius 2 is 2.32 bits per heavy atom.